The van der Waals surface area contributed by atoms with Crippen LogP contribution >= 0.6 is 0 Å². The van der Waals surface area contributed by atoms with Crippen LogP contribution in [0.1, 0.15) is 51.7 Å². The molecule has 2 unspecified atom stereocenters. The maximum Gasteiger partial charge on any atom is 0.0307 e. The molecule has 1 N–H and O–H groups in total. The lowest BCUT2D eigenvalue weighted by Crippen LogP contribution is -2.62. The highest BCUT2D eigenvalue weighted by molar-refractivity contribution is 5.25. The van der Waals surface area contributed by atoms with Gasteiger partial charge in [0.15, 0.2) is 0 Å². The van der Waals surface area contributed by atoms with E-state index in [0.29, 0.717) is 6.04 Å². The first-order chi connectivity index (χ1) is 9.94. The Kier molecular flexibility index (Phi) is 5.45. The highest BCUT2D eigenvalue weighted by atomic mass is 15.3. The monoisotopic (exact) mass is 288 g/mol. The lowest BCUT2D eigenvalue weighted by atomic mass is 9.89. The molecule has 1 aromatic carbocycles. The molecule has 0 saturated carbocycles. The smallest absolute Gasteiger partial charge is 0.0307 e. The molecule has 0 radical (unpaired) electrons. The summed E-state index contributed by atoms with van der Waals surface area (Å²) >= 11 is 0. The summed E-state index contributed by atoms with van der Waals surface area (Å²) in [7, 11) is 0. The quantitative estimate of drug-likeness (QED) is 0.881. The van der Waals surface area contributed by atoms with E-state index in [1.807, 2.05) is 0 Å². The van der Waals surface area contributed by atoms with Crippen LogP contribution in [0.15, 0.2) is 24.3 Å². The van der Waals surface area contributed by atoms with Crippen molar-refractivity contribution in [1.82, 2.24) is 10.2 Å². The largest absolute Gasteiger partial charge is 0.311 e. The molecular formula is C19H32N2. The average Bonchev–Trinajstić information content (AvgIpc) is 2.44. The fourth-order valence-electron chi connectivity index (χ4n) is 3.35. The van der Waals surface area contributed by atoms with E-state index in [-0.39, 0.29) is 5.54 Å². The van der Waals surface area contributed by atoms with Crippen LogP contribution in [0.5, 0.6) is 0 Å². The minimum absolute atomic E-state index is 0.274. The zero-order valence-corrected chi connectivity index (χ0v) is 14.4. The lowest BCUT2D eigenvalue weighted by Gasteiger charge is -2.48. The van der Waals surface area contributed by atoms with Gasteiger partial charge in [-0.15, -0.1) is 0 Å². The molecule has 1 aliphatic rings. The molecule has 1 aromatic rings. The van der Waals surface area contributed by atoms with Crippen molar-refractivity contribution in [2.24, 2.45) is 5.92 Å². The molecule has 0 aliphatic carbocycles. The van der Waals surface area contributed by atoms with Gasteiger partial charge in [-0.1, -0.05) is 45.0 Å². The molecule has 2 heteroatoms. The van der Waals surface area contributed by atoms with Crippen molar-refractivity contribution in [3.8, 4) is 0 Å². The number of piperazine rings is 1. The standard InChI is InChI=1S/C19H32N2/c1-6-19(5)14-20-18(11-15(2)3)13-21(19)12-17-10-8-7-9-16(17)4/h7-10,15,18,20H,6,11-14H2,1-5H3. The number of hydrogen-bond donors (Lipinski definition) is 1. The number of nitrogens with zero attached hydrogens (tertiary/aromatic N) is 1. The lowest BCUT2D eigenvalue weighted by molar-refractivity contribution is 0.0371. The Labute approximate surface area is 130 Å². The Bertz CT molecular complexity index is 455. The maximum atomic E-state index is 3.78. The van der Waals surface area contributed by atoms with Gasteiger partial charge in [-0.25, -0.2) is 0 Å². The third-order valence-electron chi connectivity index (χ3n) is 5.12. The van der Waals surface area contributed by atoms with Crippen LogP contribution in [0.2, 0.25) is 0 Å². The molecule has 0 aromatic heterocycles. The van der Waals surface area contributed by atoms with E-state index >= 15 is 0 Å². The molecule has 118 valence electrons. The molecule has 2 atom stereocenters. The Morgan fingerprint density at radius 1 is 1.33 bits per heavy atom. The summed E-state index contributed by atoms with van der Waals surface area (Å²) in [5, 5.41) is 3.78. The van der Waals surface area contributed by atoms with Crippen molar-refractivity contribution in [1.29, 1.82) is 0 Å². The summed E-state index contributed by atoms with van der Waals surface area (Å²) in [6.07, 6.45) is 2.46. The molecule has 1 aliphatic heterocycles. The van der Waals surface area contributed by atoms with Crippen LogP contribution in [-0.2, 0) is 6.54 Å². The van der Waals surface area contributed by atoms with Gasteiger partial charge in [-0.05, 0) is 43.7 Å². The molecule has 21 heavy (non-hydrogen) atoms. The van der Waals surface area contributed by atoms with Crippen molar-refractivity contribution in [3.05, 3.63) is 35.4 Å². The number of nitrogens with one attached hydrogen (secondary N) is 1. The second-order valence-corrected chi connectivity index (χ2v) is 7.36. The molecule has 2 nitrogen and oxygen atoms in total. The topological polar surface area (TPSA) is 15.3 Å². The number of hydrogen-bond acceptors (Lipinski definition) is 2. The van der Waals surface area contributed by atoms with Gasteiger partial charge < -0.3 is 5.32 Å². The fraction of sp³-hybridized carbons (Fsp3) is 0.684. The van der Waals surface area contributed by atoms with E-state index in [1.165, 1.54) is 24.0 Å². The zero-order valence-electron chi connectivity index (χ0n) is 14.4. The van der Waals surface area contributed by atoms with E-state index in [0.717, 1.165) is 25.6 Å². The summed E-state index contributed by atoms with van der Waals surface area (Å²) in [6, 6.07) is 9.45. The normalized spacial score (nSPS) is 27.2. The van der Waals surface area contributed by atoms with Gasteiger partial charge in [-0.2, -0.15) is 0 Å². The maximum absolute atomic E-state index is 3.78. The van der Waals surface area contributed by atoms with Gasteiger partial charge in [0, 0.05) is 31.2 Å². The molecule has 0 bridgehead atoms. The molecule has 2 rings (SSSR count). The van der Waals surface area contributed by atoms with Gasteiger partial charge in [-0.3, -0.25) is 4.90 Å². The predicted molar refractivity (Wildman–Crippen MR) is 91.5 cm³/mol. The van der Waals surface area contributed by atoms with Gasteiger partial charge >= 0.3 is 0 Å². The summed E-state index contributed by atoms with van der Waals surface area (Å²) in [6.45, 7) is 14.9. The van der Waals surface area contributed by atoms with Crippen LogP contribution < -0.4 is 5.32 Å². The first-order valence-corrected chi connectivity index (χ1v) is 8.47. The van der Waals surface area contributed by atoms with Crippen LogP contribution in [0, 0.1) is 12.8 Å². The fourth-order valence-corrected chi connectivity index (χ4v) is 3.35. The van der Waals surface area contributed by atoms with Crippen LogP contribution in [0.25, 0.3) is 0 Å². The van der Waals surface area contributed by atoms with Gasteiger partial charge in [0.05, 0.1) is 0 Å². The molecule has 0 spiro atoms. The van der Waals surface area contributed by atoms with Crippen LogP contribution in [0.4, 0.5) is 0 Å². The van der Waals surface area contributed by atoms with Gasteiger partial charge in [0.25, 0.3) is 0 Å². The molecule has 1 heterocycles. The predicted octanol–water partition coefficient (Wildman–Crippen LogP) is 3.98. The van der Waals surface area contributed by atoms with Crippen molar-refractivity contribution in [3.63, 3.8) is 0 Å². The van der Waals surface area contributed by atoms with Crippen molar-refractivity contribution >= 4 is 0 Å². The van der Waals surface area contributed by atoms with E-state index in [1.54, 1.807) is 0 Å². The van der Waals surface area contributed by atoms with Crippen molar-refractivity contribution in [2.75, 3.05) is 13.1 Å². The molecular weight excluding hydrogens is 256 g/mol. The minimum atomic E-state index is 0.274. The number of aryl methyl sites for hydroxylation is 1. The van der Waals surface area contributed by atoms with Crippen LogP contribution in [-0.4, -0.2) is 29.6 Å². The van der Waals surface area contributed by atoms with Crippen molar-refractivity contribution < 1.29 is 0 Å². The molecule has 1 saturated heterocycles. The Hall–Kier alpha value is -0.860. The summed E-state index contributed by atoms with van der Waals surface area (Å²) in [4.78, 5) is 2.71. The first kappa shape index (κ1) is 16.5. The summed E-state index contributed by atoms with van der Waals surface area (Å²) in [5.41, 5.74) is 3.16. The molecule has 0 amide bonds. The third-order valence-corrected chi connectivity index (χ3v) is 5.12. The van der Waals surface area contributed by atoms with E-state index in [9.17, 15) is 0 Å². The van der Waals surface area contributed by atoms with Gasteiger partial charge in [0.1, 0.15) is 0 Å². The SMILES string of the molecule is CCC1(C)CNC(CC(C)C)CN1Cc1ccccc1C. The Morgan fingerprint density at radius 3 is 2.67 bits per heavy atom. The number of rotatable bonds is 5. The summed E-state index contributed by atoms with van der Waals surface area (Å²) in [5.74, 6) is 0.758. The Morgan fingerprint density at radius 2 is 2.05 bits per heavy atom. The second-order valence-electron chi connectivity index (χ2n) is 7.36. The number of benzene rings is 1. The van der Waals surface area contributed by atoms with Gasteiger partial charge in [0.2, 0.25) is 0 Å². The first-order valence-electron chi connectivity index (χ1n) is 8.47. The van der Waals surface area contributed by atoms with E-state index < -0.39 is 0 Å². The minimum Gasteiger partial charge on any atom is -0.311 e. The molecule has 1 fully saturated rings. The highest BCUT2D eigenvalue weighted by Gasteiger charge is 2.36. The van der Waals surface area contributed by atoms with Crippen molar-refractivity contribution in [2.45, 2.75) is 65.6 Å². The highest BCUT2D eigenvalue weighted by Crippen LogP contribution is 2.27. The van der Waals surface area contributed by atoms with Crippen LogP contribution in [0.3, 0.4) is 0 Å². The van der Waals surface area contributed by atoms with E-state index in [2.05, 4.69) is 69.1 Å². The second kappa shape index (κ2) is 6.93. The summed E-state index contributed by atoms with van der Waals surface area (Å²) < 4.78 is 0. The zero-order chi connectivity index (χ0) is 15.5. The average molecular weight is 288 g/mol. The third kappa shape index (κ3) is 4.08. The Balaban J connectivity index is 2.13. The van der Waals surface area contributed by atoms with E-state index in [4.69, 9.17) is 0 Å².